The Balaban J connectivity index is 2.31. The summed E-state index contributed by atoms with van der Waals surface area (Å²) < 4.78 is 5.76. The van der Waals surface area contributed by atoms with Crippen molar-refractivity contribution in [3.63, 3.8) is 0 Å². The quantitative estimate of drug-likeness (QED) is 0.795. The highest BCUT2D eigenvalue weighted by Gasteiger charge is 2.11. The Morgan fingerprint density at radius 3 is 2.52 bits per heavy atom. The molecule has 0 spiro atoms. The van der Waals surface area contributed by atoms with Gasteiger partial charge in [-0.2, -0.15) is 5.26 Å². The van der Waals surface area contributed by atoms with Gasteiger partial charge in [0, 0.05) is 23.7 Å². The van der Waals surface area contributed by atoms with Gasteiger partial charge in [-0.1, -0.05) is 6.92 Å². The number of carbonyl (C=O) groups excluding carboxylic acids is 1. The fraction of sp³-hybridized carbons (Fsp3) is 0.235. The van der Waals surface area contributed by atoms with E-state index in [0.717, 1.165) is 5.69 Å². The minimum Gasteiger partial charge on any atom is -0.456 e. The number of hydrogen-bond acceptors (Lipinski definition) is 4. The molecular formula is C17H16N2O2. The van der Waals surface area contributed by atoms with E-state index in [1.807, 2.05) is 13.8 Å². The lowest BCUT2D eigenvalue weighted by Gasteiger charge is -2.10. The molecular weight excluding hydrogens is 264 g/mol. The Hall–Kier alpha value is -2.67. The molecule has 0 aliphatic heterocycles. The second kappa shape index (κ2) is 6.19. The molecule has 4 nitrogen and oxygen atoms in total. The fourth-order valence-corrected chi connectivity index (χ4v) is 2.05. The van der Waals surface area contributed by atoms with Crippen LogP contribution in [0.3, 0.4) is 0 Å². The van der Waals surface area contributed by atoms with Crippen LogP contribution in [-0.4, -0.2) is 10.8 Å². The van der Waals surface area contributed by atoms with Gasteiger partial charge in [0.1, 0.15) is 23.1 Å². The van der Waals surface area contributed by atoms with Crippen LogP contribution in [0.15, 0.2) is 30.3 Å². The fourth-order valence-electron chi connectivity index (χ4n) is 2.05. The van der Waals surface area contributed by atoms with Gasteiger partial charge in [-0.15, -0.1) is 0 Å². The molecule has 0 bridgehead atoms. The zero-order valence-corrected chi connectivity index (χ0v) is 12.3. The van der Waals surface area contributed by atoms with Crippen LogP contribution in [-0.2, 0) is 0 Å². The summed E-state index contributed by atoms with van der Waals surface area (Å²) in [5.74, 6) is 1.16. The Labute approximate surface area is 124 Å². The van der Waals surface area contributed by atoms with Crippen molar-refractivity contribution >= 4 is 5.78 Å². The summed E-state index contributed by atoms with van der Waals surface area (Å²) in [5, 5.41) is 9.20. The molecule has 1 aromatic carbocycles. The standard InChI is InChI=1S/C17H16N2O2/c1-4-16(20)13-5-7-14(8-6-13)21-17-9-11(2)19-12(3)15(17)10-18/h5-9H,4H2,1-3H3. The maximum atomic E-state index is 11.6. The van der Waals surface area contributed by atoms with Crippen LogP contribution >= 0.6 is 0 Å². The lowest BCUT2D eigenvalue weighted by molar-refractivity contribution is 0.0988. The van der Waals surface area contributed by atoms with Crippen LogP contribution in [0.5, 0.6) is 11.5 Å². The number of aryl methyl sites for hydroxylation is 2. The van der Waals surface area contributed by atoms with Gasteiger partial charge in [0.2, 0.25) is 0 Å². The normalized spacial score (nSPS) is 10.0. The minimum atomic E-state index is 0.0925. The molecule has 0 amide bonds. The van der Waals surface area contributed by atoms with Crippen molar-refractivity contribution < 1.29 is 9.53 Å². The summed E-state index contributed by atoms with van der Waals surface area (Å²) in [4.78, 5) is 15.8. The number of Topliss-reactive ketones (excluding diaryl/α,β-unsaturated/α-hetero) is 1. The van der Waals surface area contributed by atoms with E-state index in [9.17, 15) is 10.1 Å². The molecule has 0 fully saturated rings. The first kappa shape index (κ1) is 14.7. The molecule has 21 heavy (non-hydrogen) atoms. The Morgan fingerprint density at radius 1 is 1.29 bits per heavy atom. The number of ether oxygens (including phenoxy) is 1. The van der Waals surface area contributed by atoms with E-state index in [1.54, 1.807) is 37.3 Å². The van der Waals surface area contributed by atoms with E-state index >= 15 is 0 Å². The Morgan fingerprint density at radius 2 is 1.95 bits per heavy atom. The maximum Gasteiger partial charge on any atom is 0.162 e. The van der Waals surface area contributed by atoms with E-state index in [2.05, 4.69) is 11.1 Å². The van der Waals surface area contributed by atoms with Crippen LogP contribution in [0.4, 0.5) is 0 Å². The average molecular weight is 280 g/mol. The predicted octanol–water partition coefficient (Wildman–Crippen LogP) is 3.96. The summed E-state index contributed by atoms with van der Waals surface area (Å²) in [6.07, 6.45) is 0.474. The molecule has 1 heterocycles. The lowest BCUT2D eigenvalue weighted by atomic mass is 10.1. The maximum absolute atomic E-state index is 11.6. The molecule has 0 aliphatic rings. The zero-order valence-electron chi connectivity index (χ0n) is 12.3. The second-order valence-corrected chi connectivity index (χ2v) is 4.74. The number of carbonyl (C=O) groups is 1. The summed E-state index contributed by atoms with van der Waals surface area (Å²) >= 11 is 0. The molecule has 0 N–H and O–H groups in total. The number of nitriles is 1. The highest BCUT2D eigenvalue weighted by Crippen LogP contribution is 2.27. The number of benzene rings is 1. The molecule has 1 aromatic heterocycles. The predicted molar refractivity (Wildman–Crippen MR) is 79.6 cm³/mol. The number of pyridine rings is 1. The van der Waals surface area contributed by atoms with Crippen molar-refractivity contribution in [3.05, 3.63) is 52.8 Å². The Kier molecular flexibility index (Phi) is 4.34. The third-order valence-corrected chi connectivity index (χ3v) is 3.13. The van der Waals surface area contributed by atoms with Crippen molar-refractivity contribution in [1.29, 1.82) is 5.26 Å². The topological polar surface area (TPSA) is 63.0 Å². The molecule has 0 saturated carbocycles. The van der Waals surface area contributed by atoms with Crippen molar-refractivity contribution in [1.82, 2.24) is 4.98 Å². The monoisotopic (exact) mass is 280 g/mol. The van der Waals surface area contributed by atoms with Crippen LogP contribution in [0.1, 0.15) is 40.7 Å². The van der Waals surface area contributed by atoms with Gasteiger partial charge in [-0.3, -0.25) is 9.78 Å². The lowest BCUT2D eigenvalue weighted by Crippen LogP contribution is -1.98. The summed E-state index contributed by atoms with van der Waals surface area (Å²) in [6.45, 7) is 5.46. The molecule has 2 aromatic rings. The van der Waals surface area contributed by atoms with Crippen molar-refractivity contribution in [3.8, 4) is 17.6 Å². The average Bonchev–Trinajstić information content (AvgIpc) is 2.47. The number of hydrogen-bond donors (Lipinski definition) is 0. The second-order valence-electron chi connectivity index (χ2n) is 4.74. The first-order chi connectivity index (χ1) is 10.0. The minimum absolute atomic E-state index is 0.0925. The summed E-state index contributed by atoms with van der Waals surface area (Å²) in [5.41, 5.74) is 2.52. The van der Waals surface area contributed by atoms with Crippen molar-refractivity contribution in [2.45, 2.75) is 27.2 Å². The number of aromatic nitrogens is 1. The van der Waals surface area contributed by atoms with Crippen LogP contribution in [0, 0.1) is 25.2 Å². The highest BCUT2D eigenvalue weighted by atomic mass is 16.5. The SMILES string of the molecule is CCC(=O)c1ccc(Oc2cc(C)nc(C)c2C#N)cc1. The van der Waals surface area contributed by atoms with Crippen LogP contribution in [0.2, 0.25) is 0 Å². The number of ketones is 1. The van der Waals surface area contributed by atoms with Gasteiger partial charge in [-0.25, -0.2) is 0 Å². The van der Waals surface area contributed by atoms with E-state index in [0.29, 0.717) is 34.7 Å². The number of nitrogens with zero attached hydrogens (tertiary/aromatic N) is 2. The molecule has 0 aliphatic carbocycles. The van der Waals surface area contributed by atoms with Gasteiger partial charge in [0.05, 0.1) is 5.69 Å². The smallest absolute Gasteiger partial charge is 0.162 e. The number of rotatable bonds is 4. The third-order valence-electron chi connectivity index (χ3n) is 3.13. The molecule has 106 valence electrons. The molecule has 0 unspecified atom stereocenters. The molecule has 4 heteroatoms. The van der Waals surface area contributed by atoms with Crippen LogP contribution < -0.4 is 4.74 Å². The van der Waals surface area contributed by atoms with Gasteiger partial charge in [0.25, 0.3) is 0 Å². The molecule has 2 rings (SSSR count). The molecule has 0 saturated heterocycles. The summed E-state index contributed by atoms with van der Waals surface area (Å²) in [7, 11) is 0. The van der Waals surface area contributed by atoms with E-state index < -0.39 is 0 Å². The van der Waals surface area contributed by atoms with Gasteiger partial charge in [0.15, 0.2) is 5.78 Å². The molecule has 0 radical (unpaired) electrons. The molecule has 0 atom stereocenters. The van der Waals surface area contributed by atoms with Gasteiger partial charge in [-0.05, 0) is 38.1 Å². The van der Waals surface area contributed by atoms with Crippen molar-refractivity contribution in [2.75, 3.05) is 0 Å². The van der Waals surface area contributed by atoms with E-state index in [1.165, 1.54) is 0 Å². The van der Waals surface area contributed by atoms with Crippen molar-refractivity contribution in [2.24, 2.45) is 0 Å². The third kappa shape index (κ3) is 3.26. The van der Waals surface area contributed by atoms with Gasteiger partial charge >= 0.3 is 0 Å². The van der Waals surface area contributed by atoms with E-state index in [4.69, 9.17) is 4.74 Å². The van der Waals surface area contributed by atoms with Gasteiger partial charge < -0.3 is 4.74 Å². The van der Waals surface area contributed by atoms with E-state index in [-0.39, 0.29) is 5.78 Å². The summed E-state index contributed by atoms with van der Waals surface area (Å²) in [6, 6.07) is 10.8. The van der Waals surface area contributed by atoms with Crippen LogP contribution in [0.25, 0.3) is 0 Å². The first-order valence-corrected chi connectivity index (χ1v) is 6.74. The first-order valence-electron chi connectivity index (χ1n) is 6.74. The zero-order chi connectivity index (χ0) is 15.4. The Bertz CT molecular complexity index is 713. The largest absolute Gasteiger partial charge is 0.456 e. The highest BCUT2D eigenvalue weighted by molar-refractivity contribution is 5.95.